The molecule has 9 nitrogen and oxygen atoms in total. The molecule has 0 saturated heterocycles. The lowest BCUT2D eigenvalue weighted by molar-refractivity contribution is -0.136. The fraction of sp³-hybridized carbons (Fsp3) is 0.455. The second-order valence-corrected chi connectivity index (χ2v) is 9.60. The molecule has 1 aromatic carbocycles. The number of aliphatic carboxylic acids is 1. The van der Waals surface area contributed by atoms with Crippen molar-refractivity contribution in [3.05, 3.63) is 41.9 Å². The molecule has 10 heteroatoms. The molecule has 1 amide bonds. The number of rotatable bonds is 11. The van der Waals surface area contributed by atoms with E-state index in [4.69, 9.17) is 5.11 Å². The minimum atomic E-state index is -1.61. The Hall–Kier alpha value is -2.85. The minimum absolute atomic E-state index is 0.278. The Kier molecular flexibility index (Phi) is 7.92. The Balaban J connectivity index is 1.71. The first-order valence-electron chi connectivity index (χ1n) is 10.6. The van der Waals surface area contributed by atoms with E-state index in [1.165, 1.54) is 30.5 Å². The van der Waals surface area contributed by atoms with Crippen LogP contribution < -0.4 is 10.2 Å². The van der Waals surface area contributed by atoms with Gasteiger partial charge in [-0.2, -0.15) is 0 Å². The maximum Gasteiger partial charge on any atom is 0.318 e. The largest absolute Gasteiger partial charge is 0.480 e. The number of likely N-dealkylation sites (N-methyl/N-ethyl adjacent to an activating group) is 1. The van der Waals surface area contributed by atoms with E-state index in [1.54, 1.807) is 31.2 Å². The van der Waals surface area contributed by atoms with Gasteiger partial charge in [-0.1, -0.05) is 6.92 Å². The van der Waals surface area contributed by atoms with Crippen molar-refractivity contribution in [3.8, 4) is 0 Å². The number of carbonyl (C=O) groups is 2. The van der Waals surface area contributed by atoms with Gasteiger partial charge in [0.1, 0.15) is 35.4 Å². The van der Waals surface area contributed by atoms with Crippen LogP contribution >= 0.6 is 0 Å². The summed E-state index contributed by atoms with van der Waals surface area (Å²) in [4.78, 5) is 34.8. The maximum absolute atomic E-state index is 12.8. The van der Waals surface area contributed by atoms with E-state index >= 15 is 0 Å². The average Bonchev–Trinajstić information content (AvgIpc) is 3.58. The lowest BCUT2D eigenvalue weighted by Gasteiger charge is -2.23. The van der Waals surface area contributed by atoms with Crippen molar-refractivity contribution in [3.63, 3.8) is 0 Å². The zero-order chi connectivity index (χ0) is 23.3. The summed E-state index contributed by atoms with van der Waals surface area (Å²) in [5, 5.41) is 11.7. The SMILES string of the molecule is CCCN(CC1CC1)c1cc(C(=O)Nc2ccc(S(=O)N(C)CC(=O)O)cc2C)ncn1. The summed E-state index contributed by atoms with van der Waals surface area (Å²) in [7, 11) is -0.134. The molecule has 1 aliphatic carbocycles. The number of benzene rings is 1. The van der Waals surface area contributed by atoms with Gasteiger partial charge in [-0.3, -0.25) is 9.59 Å². The molecule has 0 radical (unpaired) electrons. The van der Waals surface area contributed by atoms with Gasteiger partial charge in [0.05, 0.1) is 4.90 Å². The molecule has 0 bridgehead atoms. The smallest absolute Gasteiger partial charge is 0.318 e. The average molecular weight is 460 g/mol. The van der Waals surface area contributed by atoms with Gasteiger partial charge in [-0.25, -0.2) is 18.5 Å². The van der Waals surface area contributed by atoms with Crippen molar-refractivity contribution in [2.45, 2.75) is 38.0 Å². The highest BCUT2D eigenvalue weighted by Crippen LogP contribution is 2.31. The van der Waals surface area contributed by atoms with Gasteiger partial charge in [0, 0.05) is 31.9 Å². The van der Waals surface area contributed by atoms with Crippen molar-refractivity contribution >= 4 is 34.4 Å². The highest BCUT2D eigenvalue weighted by molar-refractivity contribution is 7.82. The maximum atomic E-state index is 12.8. The highest BCUT2D eigenvalue weighted by atomic mass is 32.2. The normalized spacial score (nSPS) is 14.2. The lowest BCUT2D eigenvalue weighted by Crippen LogP contribution is -2.28. The molecule has 1 aromatic heterocycles. The lowest BCUT2D eigenvalue weighted by atomic mass is 10.2. The number of aryl methyl sites for hydroxylation is 1. The van der Waals surface area contributed by atoms with Crippen LogP contribution in [0.4, 0.5) is 11.5 Å². The number of hydrogen-bond donors (Lipinski definition) is 2. The van der Waals surface area contributed by atoms with Gasteiger partial charge in [0.25, 0.3) is 5.91 Å². The van der Waals surface area contributed by atoms with Crippen molar-refractivity contribution in [1.29, 1.82) is 0 Å². The van der Waals surface area contributed by atoms with Crippen LogP contribution in [0.25, 0.3) is 0 Å². The summed E-state index contributed by atoms with van der Waals surface area (Å²) in [6, 6.07) is 6.66. The summed E-state index contributed by atoms with van der Waals surface area (Å²) in [6.45, 7) is 5.39. The zero-order valence-corrected chi connectivity index (χ0v) is 19.4. The molecule has 172 valence electrons. The molecule has 0 spiro atoms. The molecule has 1 fully saturated rings. The van der Waals surface area contributed by atoms with E-state index in [1.807, 2.05) is 0 Å². The number of carbonyl (C=O) groups excluding carboxylic acids is 1. The van der Waals surface area contributed by atoms with Crippen LogP contribution in [0.1, 0.15) is 42.2 Å². The molecule has 1 saturated carbocycles. The van der Waals surface area contributed by atoms with Crippen LogP contribution in [0.15, 0.2) is 35.5 Å². The van der Waals surface area contributed by atoms with Crippen LogP contribution in [0, 0.1) is 12.8 Å². The van der Waals surface area contributed by atoms with Crippen LogP contribution in [0.2, 0.25) is 0 Å². The number of hydrogen-bond acceptors (Lipinski definition) is 6. The fourth-order valence-electron chi connectivity index (χ4n) is 3.33. The second-order valence-electron chi connectivity index (χ2n) is 8.01. The molecule has 32 heavy (non-hydrogen) atoms. The van der Waals surface area contributed by atoms with Crippen molar-refractivity contribution in [1.82, 2.24) is 14.3 Å². The van der Waals surface area contributed by atoms with Crippen LogP contribution in [0.3, 0.4) is 0 Å². The van der Waals surface area contributed by atoms with E-state index in [0.29, 0.717) is 22.1 Å². The van der Waals surface area contributed by atoms with E-state index in [0.717, 1.165) is 25.3 Å². The number of amides is 1. The molecular weight excluding hydrogens is 430 g/mol. The summed E-state index contributed by atoms with van der Waals surface area (Å²) in [6.07, 6.45) is 4.89. The third-order valence-corrected chi connectivity index (χ3v) is 6.52. The summed E-state index contributed by atoms with van der Waals surface area (Å²) in [5.74, 6) is 0.0506. The quantitative estimate of drug-likeness (QED) is 0.531. The summed E-state index contributed by atoms with van der Waals surface area (Å²) >= 11 is 0. The first kappa shape index (κ1) is 23.8. The molecule has 0 aliphatic heterocycles. The van der Waals surface area contributed by atoms with Gasteiger partial charge in [-0.05, 0) is 55.9 Å². The summed E-state index contributed by atoms with van der Waals surface area (Å²) in [5.41, 5.74) is 1.56. The van der Waals surface area contributed by atoms with Crippen molar-refractivity contribution < 1.29 is 18.9 Å². The van der Waals surface area contributed by atoms with Gasteiger partial charge in [0.15, 0.2) is 0 Å². The van der Waals surface area contributed by atoms with E-state index in [9.17, 15) is 13.8 Å². The predicted octanol–water partition coefficient (Wildman–Crippen LogP) is 2.70. The van der Waals surface area contributed by atoms with Gasteiger partial charge in [-0.15, -0.1) is 0 Å². The third-order valence-electron chi connectivity index (χ3n) is 5.17. The number of nitrogens with zero attached hydrogens (tertiary/aromatic N) is 4. The van der Waals surface area contributed by atoms with Crippen molar-refractivity contribution in [2.75, 3.05) is 36.9 Å². The monoisotopic (exact) mass is 459 g/mol. The Labute approximate surface area is 190 Å². The van der Waals surface area contributed by atoms with Gasteiger partial charge in [0.2, 0.25) is 0 Å². The van der Waals surface area contributed by atoms with Crippen molar-refractivity contribution in [2.24, 2.45) is 5.92 Å². The van der Waals surface area contributed by atoms with E-state index in [-0.39, 0.29) is 18.1 Å². The number of carboxylic acids is 1. The van der Waals surface area contributed by atoms with E-state index < -0.39 is 17.0 Å². The first-order valence-corrected chi connectivity index (χ1v) is 11.7. The topological polar surface area (TPSA) is 116 Å². The molecule has 2 N–H and O–H groups in total. The first-order chi connectivity index (χ1) is 15.3. The Bertz CT molecular complexity index is 1010. The van der Waals surface area contributed by atoms with Crippen LogP contribution in [-0.2, 0) is 15.8 Å². The van der Waals surface area contributed by atoms with Crippen LogP contribution in [-0.4, -0.2) is 62.1 Å². The Morgan fingerprint density at radius 1 is 1.25 bits per heavy atom. The predicted molar refractivity (Wildman–Crippen MR) is 123 cm³/mol. The molecule has 1 unspecified atom stereocenters. The van der Waals surface area contributed by atoms with Crippen LogP contribution in [0.5, 0.6) is 0 Å². The number of nitrogens with one attached hydrogen (secondary N) is 1. The summed E-state index contributed by atoms with van der Waals surface area (Å²) < 4.78 is 13.7. The number of aromatic nitrogens is 2. The Morgan fingerprint density at radius 3 is 2.62 bits per heavy atom. The number of carboxylic acid groups (broad SMARTS) is 1. The van der Waals surface area contributed by atoms with Gasteiger partial charge >= 0.3 is 5.97 Å². The second kappa shape index (κ2) is 10.6. The molecule has 2 aromatic rings. The fourth-order valence-corrected chi connectivity index (χ4v) is 4.38. The molecular formula is C22H29N5O4S. The molecule has 1 aliphatic rings. The minimum Gasteiger partial charge on any atom is -0.480 e. The Morgan fingerprint density at radius 2 is 2.00 bits per heavy atom. The molecule has 1 atom stereocenters. The third kappa shape index (κ3) is 6.33. The molecule has 1 heterocycles. The van der Waals surface area contributed by atoms with Gasteiger partial charge < -0.3 is 15.3 Å². The standard InChI is InChI=1S/C22H29N5O4S/c1-4-9-27(12-16-5-6-16)20-11-19(23-14-24-20)22(30)25-18-8-7-17(10-15(18)2)32(31)26(3)13-21(28)29/h7-8,10-11,14,16H,4-6,9,12-13H2,1-3H3,(H,25,30)(H,28,29). The zero-order valence-electron chi connectivity index (χ0n) is 18.6. The highest BCUT2D eigenvalue weighted by Gasteiger charge is 2.25. The number of anilines is 2. The van der Waals surface area contributed by atoms with E-state index in [2.05, 4.69) is 27.1 Å². The molecule has 3 rings (SSSR count).